The van der Waals surface area contributed by atoms with Gasteiger partial charge in [0.2, 0.25) is 5.91 Å². The normalized spacial score (nSPS) is 11.4. The van der Waals surface area contributed by atoms with Crippen LogP contribution < -0.4 is 5.32 Å². The molecular weight excluding hydrogens is 242 g/mol. The van der Waals surface area contributed by atoms with Gasteiger partial charge in [0, 0.05) is 11.3 Å². The van der Waals surface area contributed by atoms with Gasteiger partial charge in [-0.05, 0) is 45.7 Å². The molecule has 100 valence electrons. The zero-order chi connectivity index (χ0) is 13.8. The molecular formula is C15H23NOS. The second-order valence-electron chi connectivity index (χ2n) is 5.72. The van der Waals surface area contributed by atoms with E-state index in [0.29, 0.717) is 5.75 Å². The third-order valence-corrected chi connectivity index (χ3v) is 3.49. The third kappa shape index (κ3) is 5.58. The van der Waals surface area contributed by atoms with Gasteiger partial charge in [-0.15, -0.1) is 11.8 Å². The zero-order valence-electron chi connectivity index (χ0n) is 12.0. The molecule has 0 saturated carbocycles. The van der Waals surface area contributed by atoms with Crippen LogP contribution in [0.4, 0.5) is 0 Å². The molecule has 2 nitrogen and oxygen atoms in total. The van der Waals surface area contributed by atoms with E-state index in [-0.39, 0.29) is 11.4 Å². The fraction of sp³-hybridized carbons (Fsp3) is 0.533. The molecule has 0 aliphatic heterocycles. The van der Waals surface area contributed by atoms with Gasteiger partial charge in [0.1, 0.15) is 0 Å². The van der Waals surface area contributed by atoms with Crippen molar-refractivity contribution in [2.75, 3.05) is 5.75 Å². The summed E-state index contributed by atoms with van der Waals surface area (Å²) in [6.45, 7) is 10.2. The molecule has 0 aliphatic rings. The first-order valence-corrected chi connectivity index (χ1v) is 7.38. The first-order valence-electron chi connectivity index (χ1n) is 6.23. The van der Waals surface area contributed by atoms with Crippen molar-refractivity contribution in [2.45, 2.75) is 45.9 Å². The summed E-state index contributed by atoms with van der Waals surface area (Å²) in [7, 11) is 0. The highest BCUT2D eigenvalue weighted by Gasteiger charge is 2.13. The molecule has 0 heterocycles. The Kier molecular flexibility index (Phi) is 5.27. The minimum Gasteiger partial charge on any atom is -0.351 e. The number of rotatable bonds is 4. The van der Waals surface area contributed by atoms with Crippen molar-refractivity contribution in [3.63, 3.8) is 0 Å². The Labute approximate surface area is 115 Å². The maximum Gasteiger partial charge on any atom is 0.230 e. The van der Waals surface area contributed by atoms with Gasteiger partial charge in [0.25, 0.3) is 0 Å². The summed E-state index contributed by atoms with van der Waals surface area (Å²) in [6, 6.07) is 6.46. The number of carbonyl (C=O) groups is 1. The van der Waals surface area contributed by atoms with Gasteiger partial charge in [-0.1, -0.05) is 23.8 Å². The van der Waals surface area contributed by atoms with E-state index >= 15 is 0 Å². The minimum atomic E-state index is -0.142. The molecule has 1 N–H and O–H groups in total. The Morgan fingerprint density at radius 1 is 1.28 bits per heavy atom. The van der Waals surface area contributed by atoms with Crippen LogP contribution in [0.5, 0.6) is 0 Å². The van der Waals surface area contributed by atoms with Gasteiger partial charge in [-0.3, -0.25) is 4.79 Å². The van der Waals surface area contributed by atoms with Gasteiger partial charge in [-0.25, -0.2) is 0 Å². The number of hydrogen-bond acceptors (Lipinski definition) is 2. The molecule has 0 radical (unpaired) electrons. The monoisotopic (exact) mass is 265 g/mol. The smallest absolute Gasteiger partial charge is 0.230 e. The van der Waals surface area contributed by atoms with E-state index < -0.39 is 0 Å². The molecule has 18 heavy (non-hydrogen) atoms. The lowest BCUT2D eigenvalue weighted by molar-refractivity contribution is -0.119. The maximum absolute atomic E-state index is 11.7. The van der Waals surface area contributed by atoms with Gasteiger partial charge in [-0.2, -0.15) is 0 Å². The van der Waals surface area contributed by atoms with Crippen molar-refractivity contribution >= 4 is 17.7 Å². The van der Waals surface area contributed by atoms with E-state index in [1.165, 1.54) is 16.7 Å². The van der Waals surface area contributed by atoms with Crippen molar-refractivity contribution in [2.24, 2.45) is 0 Å². The number of benzene rings is 1. The van der Waals surface area contributed by atoms with Crippen LogP contribution >= 0.6 is 11.8 Å². The highest BCUT2D eigenvalue weighted by atomic mass is 32.2. The number of amides is 1. The van der Waals surface area contributed by atoms with E-state index in [1.807, 2.05) is 20.8 Å². The molecule has 0 bridgehead atoms. The average molecular weight is 265 g/mol. The van der Waals surface area contributed by atoms with E-state index in [1.54, 1.807) is 11.8 Å². The molecule has 1 aromatic rings. The Morgan fingerprint density at radius 3 is 2.56 bits per heavy atom. The fourth-order valence-electron chi connectivity index (χ4n) is 1.66. The minimum absolute atomic E-state index is 0.109. The number of nitrogens with one attached hydrogen (secondary N) is 1. The molecule has 1 aromatic carbocycles. The third-order valence-electron chi connectivity index (χ3n) is 2.51. The highest BCUT2D eigenvalue weighted by Crippen LogP contribution is 2.17. The van der Waals surface area contributed by atoms with Crippen molar-refractivity contribution in [1.29, 1.82) is 0 Å². The maximum atomic E-state index is 11.7. The predicted octanol–water partition coefficient (Wildman–Crippen LogP) is 3.45. The second kappa shape index (κ2) is 6.28. The molecule has 0 atom stereocenters. The molecule has 0 aliphatic carbocycles. The van der Waals surface area contributed by atoms with Crippen LogP contribution in [0, 0.1) is 13.8 Å². The number of hydrogen-bond donors (Lipinski definition) is 1. The van der Waals surface area contributed by atoms with Gasteiger partial charge in [0.05, 0.1) is 5.75 Å². The Hall–Kier alpha value is -0.960. The van der Waals surface area contributed by atoms with Crippen LogP contribution in [0.3, 0.4) is 0 Å². The summed E-state index contributed by atoms with van der Waals surface area (Å²) in [6.07, 6.45) is 0. The molecule has 0 saturated heterocycles. The Bertz CT molecular complexity index is 421. The first kappa shape index (κ1) is 15.1. The Balaban J connectivity index is 2.42. The quantitative estimate of drug-likeness (QED) is 0.903. The highest BCUT2D eigenvalue weighted by molar-refractivity contribution is 7.99. The SMILES string of the molecule is Cc1ccc(C)c(CSCC(=O)NC(C)(C)C)c1. The van der Waals surface area contributed by atoms with Crippen molar-refractivity contribution < 1.29 is 4.79 Å². The molecule has 1 amide bonds. The summed E-state index contributed by atoms with van der Waals surface area (Å²) in [4.78, 5) is 11.7. The average Bonchev–Trinajstić information content (AvgIpc) is 2.20. The van der Waals surface area contributed by atoms with Crippen molar-refractivity contribution in [3.05, 3.63) is 34.9 Å². The number of carbonyl (C=O) groups excluding carboxylic acids is 1. The second-order valence-corrected chi connectivity index (χ2v) is 6.71. The fourth-order valence-corrected chi connectivity index (χ4v) is 2.55. The lowest BCUT2D eigenvalue weighted by Gasteiger charge is -2.20. The summed E-state index contributed by atoms with van der Waals surface area (Å²) in [5.41, 5.74) is 3.75. The predicted molar refractivity (Wildman–Crippen MR) is 80.0 cm³/mol. The van der Waals surface area contributed by atoms with Crippen LogP contribution in [0.1, 0.15) is 37.5 Å². The topological polar surface area (TPSA) is 29.1 Å². The van der Waals surface area contributed by atoms with Crippen LogP contribution in [0.2, 0.25) is 0 Å². The van der Waals surface area contributed by atoms with E-state index in [2.05, 4.69) is 37.4 Å². The molecule has 0 aromatic heterocycles. The molecule has 0 fully saturated rings. The van der Waals surface area contributed by atoms with Crippen LogP contribution in [-0.2, 0) is 10.5 Å². The van der Waals surface area contributed by atoms with Crippen LogP contribution in [0.25, 0.3) is 0 Å². The molecule has 0 unspecified atom stereocenters. The molecule has 3 heteroatoms. The van der Waals surface area contributed by atoms with Gasteiger partial charge >= 0.3 is 0 Å². The van der Waals surface area contributed by atoms with Crippen molar-refractivity contribution in [3.8, 4) is 0 Å². The summed E-state index contributed by atoms with van der Waals surface area (Å²) in [5, 5.41) is 2.97. The van der Waals surface area contributed by atoms with E-state index in [4.69, 9.17) is 0 Å². The zero-order valence-corrected chi connectivity index (χ0v) is 12.8. The number of aryl methyl sites for hydroxylation is 2. The van der Waals surface area contributed by atoms with Crippen molar-refractivity contribution in [1.82, 2.24) is 5.32 Å². The number of thioether (sulfide) groups is 1. The summed E-state index contributed by atoms with van der Waals surface area (Å²) in [5.74, 6) is 1.52. The lowest BCUT2D eigenvalue weighted by atomic mass is 10.1. The van der Waals surface area contributed by atoms with Crippen LogP contribution in [0.15, 0.2) is 18.2 Å². The molecule has 1 rings (SSSR count). The Morgan fingerprint density at radius 2 is 1.94 bits per heavy atom. The lowest BCUT2D eigenvalue weighted by Crippen LogP contribution is -2.41. The van der Waals surface area contributed by atoms with E-state index in [0.717, 1.165) is 5.75 Å². The molecule has 0 spiro atoms. The summed E-state index contributed by atoms with van der Waals surface area (Å²) >= 11 is 1.67. The largest absolute Gasteiger partial charge is 0.351 e. The summed E-state index contributed by atoms with van der Waals surface area (Å²) < 4.78 is 0. The van der Waals surface area contributed by atoms with E-state index in [9.17, 15) is 4.79 Å². The van der Waals surface area contributed by atoms with Crippen LogP contribution in [-0.4, -0.2) is 17.2 Å². The first-order chi connectivity index (χ1) is 8.28. The van der Waals surface area contributed by atoms with Gasteiger partial charge in [0.15, 0.2) is 0 Å². The van der Waals surface area contributed by atoms with Gasteiger partial charge < -0.3 is 5.32 Å². The standard InChI is InChI=1S/C15H23NOS/c1-11-6-7-12(2)13(8-11)9-18-10-14(17)16-15(3,4)5/h6-8H,9-10H2,1-5H3,(H,16,17).